The number of nitrogens with two attached hydrogens (primary N) is 2. The zero-order valence-corrected chi connectivity index (χ0v) is 46.6. The molecule has 0 radical (unpaired) electrons. The number of nitrogens with zero attached hydrogens (tertiary/aromatic N) is 1. The summed E-state index contributed by atoms with van der Waals surface area (Å²) in [5.74, 6) is 0. The van der Waals surface area contributed by atoms with Gasteiger partial charge in [-0.1, -0.05) is 0 Å². The molecule has 39 nitrogen and oxygen atoms in total. The molecule has 21 rings (SSSR count). The van der Waals surface area contributed by atoms with Gasteiger partial charge in [0.2, 0.25) is 0 Å². The largest absolute Gasteiger partial charge is 0.394 e. The standard InChI is InChI=1S/C48H86N4O35/c49-1-4-52(5-2-50)6-3-51-73-13-20-41-27(65)34(72)48(80-20)86-40-19(12-58)78-46(32(70)25(40)63)84-38-17(10-56)76-44(30(68)23(38)61)82-36-15(8-54)74-42(28(66)21(36)59)81-35-14(7-53)75-43(29(67)22(35)60)83-37-16(9-55)77-45(31(69)24(37)62)85-39-18(11-57)79-47(87-41)33(71)26(39)64/h14-48,51,53-72H,1-13,49-50H2/t14-,15-,16-,17-,18-,19-,20-,21-,22-,23-,24-,25-,26-,27-,28-,29-,30-,31-,32-,33-,34-,35-,36-,37-,38-,39-,40-,41-,42-,43-,44-,45-,46-,47-,48-/m1/s1. The van der Waals surface area contributed by atoms with E-state index in [1.807, 2.05) is 4.90 Å². The topological polar surface area (TPSA) is 610 Å². The van der Waals surface area contributed by atoms with Gasteiger partial charge in [0.05, 0.1) is 46.2 Å². The van der Waals surface area contributed by atoms with E-state index in [1.165, 1.54) is 0 Å². The molecule has 0 amide bonds. The molecule has 21 saturated heterocycles. The monoisotopic (exact) mass is 1280 g/mol. The SMILES string of the molecule is NCCN(CCN)CCNOC[C@H]1O[C@@H]2O[C@H]3[C@H](O)[C@@H](O)[C@@H](O[C@H]4[C@H](O)[C@@H](O)[C@@H](O[C@H]5[C@H](O)[C@@H](O)[C@@H](O[C@H]6[C@H](O)[C@@H](O)[C@@H](O[C@H]7[C@H](O)[C@@H](O)[C@@H](O[C@H]8[C@H](O)[C@@H](O)[C@@H](O[C@H]1[C@H](O)[C@H]2O)O[C@@H]8CO)O[C@@H]7CO)O[C@@H]6CO)O[C@@H]5CO)O[C@@H]4CO)O[C@@H]3CO. The second-order valence-corrected chi connectivity index (χ2v) is 22.1. The quantitative estimate of drug-likeness (QED) is 0.0504. The van der Waals surface area contributed by atoms with Crippen LogP contribution in [0.2, 0.25) is 0 Å². The van der Waals surface area contributed by atoms with Gasteiger partial charge >= 0.3 is 0 Å². The van der Waals surface area contributed by atoms with E-state index >= 15 is 0 Å². The van der Waals surface area contributed by atoms with Crippen LogP contribution in [0.25, 0.3) is 0 Å². The summed E-state index contributed by atoms with van der Waals surface area (Å²) in [5, 5.41) is 223. The maximum absolute atomic E-state index is 11.8. The molecule has 21 heterocycles. The van der Waals surface area contributed by atoms with Crippen LogP contribution in [0.1, 0.15) is 0 Å². The minimum Gasteiger partial charge on any atom is -0.394 e. The Bertz CT molecular complexity index is 2030. The molecular weight excluding hydrogens is 1190 g/mol. The van der Waals surface area contributed by atoms with Gasteiger partial charge in [-0.05, 0) is 0 Å². The number of hydrogen-bond acceptors (Lipinski definition) is 39. The van der Waals surface area contributed by atoms with Gasteiger partial charge < -0.3 is 180 Å². The summed E-state index contributed by atoms with van der Waals surface area (Å²) in [6.07, 6.45) is -70.3. The molecule has 0 aromatic carbocycles. The number of aliphatic hydroxyl groups is 20. The number of ether oxygens (including phenoxy) is 14. The molecule has 25 N–H and O–H groups in total. The summed E-state index contributed by atoms with van der Waals surface area (Å²) in [6.45, 7) is -4.84. The van der Waals surface area contributed by atoms with Gasteiger partial charge in [0.25, 0.3) is 0 Å². The van der Waals surface area contributed by atoms with Gasteiger partial charge in [-0.2, -0.15) is 0 Å². The minimum absolute atomic E-state index is 0.143. The highest BCUT2D eigenvalue weighted by Crippen LogP contribution is 2.39. The Balaban J connectivity index is 1.08. The van der Waals surface area contributed by atoms with Crippen LogP contribution in [0, 0.1) is 0 Å². The van der Waals surface area contributed by atoms with Gasteiger partial charge in [0, 0.05) is 39.3 Å². The molecule has 0 aromatic rings. The molecule has 21 fully saturated rings. The van der Waals surface area contributed by atoms with E-state index in [9.17, 15) is 102 Å². The summed E-state index contributed by atoms with van der Waals surface area (Å²) in [7, 11) is 0. The summed E-state index contributed by atoms with van der Waals surface area (Å²) >= 11 is 0. The van der Waals surface area contributed by atoms with Crippen LogP contribution in [0.5, 0.6) is 0 Å². The molecule has 508 valence electrons. The van der Waals surface area contributed by atoms with Crippen molar-refractivity contribution in [3.05, 3.63) is 0 Å². The van der Waals surface area contributed by atoms with Crippen molar-refractivity contribution in [1.82, 2.24) is 10.4 Å². The van der Waals surface area contributed by atoms with E-state index in [0.29, 0.717) is 32.7 Å². The number of hydroxylamine groups is 1. The Labute approximate surface area is 494 Å². The van der Waals surface area contributed by atoms with E-state index < -0.39 is 261 Å². The van der Waals surface area contributed by atoms with Crippen molar-refractivity contribution in [2.24, 2.45) is 11.5 Å². The highest BCUT2D eigenvalue weighted by atomic mass is 16.8. The van der Waals surface area contributed by atoms with E-state index in [0.717, 1.165) is 0 Å². The number of hydrogen-bond donors (Lipinski definition) is 23. The predicted octanol–water partition coefficient (Wildman–Crippen LogP) is -16.5. The van der Waals surface area contributed by atoms with Crippen LogP contribution in [0.3, 0.4) is 0 Å². The number of nitrogens with one attached hydrogen (secondary N) is 1. The number of rotatable bonds is 16. The molecular formula is C48H86N4O35. The zero-order chi connectivity index (χ0) is 63.3. The van der Waals surface area contributed by atoms with Crippen molar-refractivity contribution in [3.63, 3.8) is 0 Å². The average Bonchev–Trinajstić information content (AvgIpc) is 1.05. The van der Waals surface area contributed by atoms with Crippen molar-refractivity contribution in [2.75, 3.05) is 85.5 Å². The normalized spacial score (nSPS) is 50.4. The van der Waals surface area contributed by atoms with Crippen LogP contribution in [0.4, 0.5) is 0 Å². The van der Waals surface area contributed by atoms with E-state index in [2.05, 4.69) is 5.48 Å². The first-order valence-corrected chi connectivity index (χ1v) is 28.4. The van der Waals surface area contributed by atoms with E-state index in [4.69, 9.17) is 82.6 Å². The maximum Gasteiger partial charge on any atom is 0.187 e. The van der Waals surface area contributed by atoms with Crippen LogP contribution in [0.15, 0.2) is 0 Å². The molecule has 21 aliphatic heterocycles. The molecule has 0 spiro atoms. The minimum atomic E-state index is -2.22. The first-order valence-electron chi connectivity index (χ1n) is 28.4. The lowest BCUT2D eigenvalue weighted by molar-refractivity contribution is -0.397. The Kier molecular flexibility index (Phi) is 26.3. The zero-order valence-electron chi connectivity index (χ0n) is 46.6. The van der Waals surface area contributed by atoms with Crippen molar-refractivity contribution in [3.8, 4) is 0 Å². The Morgan fingerprint density at radius 3 is 0.667 bits per heavy atom. The fraction of sp³-hybridized carbons (Fsp3) is 1.00. The van der Waals surface area contributed by atoms with Crippen molar-refractivity contribution in [2.45, 2.75) is 215 Å². The molecule has 0 saturated carbocycles. The molecule has 39 heteroatoms. The Morgan fingerprint density at radius 1 is 0.276 bits per heavy atom. The summed E-state index contributed by atoms with van der Waals surface area (Å²) in [5.41, 5.74) is 14.1. The maximum atomic E-state index is 11.8. The van der Waals surface area contributed by atoms with E-state index in [1.54, 1.807) is 0 Å². The third-order valence-corrected chi connectivity index (χ3v) is 16.4. The molecule has 0 aliphatic carbocycles. The fourth-order valence-corrected chi connectivity index (χ4v) is 11.5. The third-order valence-electron chi connectivity index (χ3n) is 16.4. The van der Waals surface area contributed by atoms with Crippen molar-refractivity contribution in [1.29, 1.82) is 0 Å². The van der Waals surface area contributed by atoms with Gasteiger partial charge in [-0.3, -0.25) is 9.74 Å². The Hall–Kier alpha value is -1.56. The Morgan fingerprint density at radius 2 is 0.471 bits per heavy atom. The molecule has 14 bridgehead atoms. The molecule has 35 atom stereocenters. The van der Waals surface area contributed by atoms with Crippen LogP contribution < -0.4 is 16.9 Å². The van der Waals surface area contributed by atoms with Crippen LogP contribution in [-0.2, 0) is 71.2 Å². The van der Waals surface area contributed by atoms with Crippen LogP contribution in [-0.4, -0.2) is 407 Å². The van der Waals surface area contributed by atoms with Gasteiger partial charge in [-0.25, -0.2) is 5.48 Å². The molecule has 87 heavy (non-hydrogen) atoms. The first-order chi connectivity index (χ1) is 41.6. The highest BCUT2D eigenvalue weighted by molar-refractivity contribution is 5.02. The van der Waals surface area contributed by atoms with Crippen molar-refractivity contribution >= 4 is 0 Å². The fourth-order valence-electron chi connectivity index (χ4n) is 11.5. The molecule has 0 unspecified atom stereocenters. The number of aliphatic hydroxyl groups excluding tert-OH is 20. The lowest BCUT2D eigenvalue weighted by Gasteiger charge is -2.50. The van der Waals surface area contributed by atoms with Gasteiger partial charge in [-0.15, -0.1) is 0 Å². The van der Waals surface area contributed by atoms with Gasteiger partial charge in [0.15, 0.2) is 44.0 Å². The van der Waals surface area contributed by atoms with Crippen LogP contribution >= 0.6 is 0 Å². The summed E-state index contributed by atoms with van der Waals surface area (Å²) < 4.78 is 81.1. The molecule has 0 aromatic heterocycles. The highest BCUT2D eigenvalue weighted by Gasteiger charge is 2.59. The summed E-state index contributed by atoms with van der Waals surface area (Å²) in [4.78, 5) is 7.58. The van der Waals surface area contributed by atoms with Crippen molar-refractivity contribution < 1.29 is 173 Å². The van der Waals surface area contributed by atoms with Gasteiger partial charge in [0.1, 0.15) is 171 Å². The third kappa shape index (κ3) is 15.5. The van der Waals surface area contributed by atoms with E-state index in [-0.39, 0.29) is 6.54 Å². The first kappa shape index (κ1) is 71.3. The smallest absolute Gasteiger partial charge is 0.187 e. The molecule has 21 aliphatic rings. The lowest BCUT2D eigenvalue weighted by atomic mass is 9.95. The predicted molar refractivity (Wildman–Crippen MR) is 270 cm³/mol. The average molecular weight is 1280 g/mol. The second-order valence-electron chi connectivity index (χ2n) is 22.1. The lowest BCUT2D eigenvalue weighted by Crippen LogP contribution is -2.68. The summed E-state index contributed by atoms with van der Waals surface area (Å²) in [6, 6.07) is 0. The second kappa shape index (κ2) is 32.0.